The molecule has 0 aliphatic carbocycles. The molecule has 0 fully saturated rings. The maximum Gasteiger partial charge on any atom is 0.420 e. The molecule has 0 saturated heterocycles. The van der Waals surface area contributed by atoms with Crippen LogP contribution in [0.4, 0.5) is 9.52 Å². The second kappa shape index (κ2) is 9.37. The van der Waals surface area contributed by atoms with Crippen molar-refractivity contribution in [3.8, 4) is 0 Å². The Balaban J connectivity index is 1.71. The molecule has 178 valence electrons. The van der Waals surface area contributed by atoms with Crippen molar-refractivity contribution in [1.29, 1.82) is 0 Å². The number of amides is 1. The van der Waals surface area contributed by atoms with Crippen molar-refractivity contribution in [1.82, 2.24) is 14.9 Å². The van der Waals surface area contributed by atoms with Crippen LogP contribution in [0, 0.1) is 12.7 Å². The number of nitrogens with two attached hydrogens (primary N) is 1. The van der Waals surface area contributed by atoms with E-state index in [2.05, 4.69) is 15.0 Å². The predicted molar refractivity (Wildman–Crippen MR) is 125 cm³/mol. The van der Waals surface area contributed by atoms with Crippen LogP contribution in [0.5, 0.6) is 0 Å². The summed E-state index contributed by atoms with van der Waals surface area (Å²) in [6.07, 6.45) is 1.43. The first-order valence-corrected chi connectivity index (χ1v) is 12.3. The molecule has 1 amide bonds. The molecular weight excluding hydrogens is 485 g/mol. The minimum absolute atomic E-state index is 0.0245. The van der Waals surface area contributed by atoms with E-state index in [1.165, 1.54) is 6.20 Å². The summed E-state index contributed by atoms with van der Waals surface area (Å²) in [5, 5.41) is 4.64. The molecule has 0 aliphatic rings. The number of aryl methyl sites for hydroxylation is 1. The summed E-state index contributed by atoms with van der Waals surface area (Å²) in [6, 6.07) is 7.36. The zero-order valence-electron chi connectivity index (χ0n) is 17.9. The molecule has 10 nitrogen and oxygen atoms in total. The van der Waals surface area contributed by atoms with Gasteiger partial charge in [-0.3, -0.25) is 14.1 Å². The first-order valence-electron chi connectivity index (χ1n) is 9.97. The second-order valence-electron chi connectivity index (χ2n) is 7.43. The molecule has 0 saturated carbocycles. The molecule has 0 atom stereocenters. The molecule has 0 bridgehead atoms. The Morgan fingerprint density at radius 2 is 2.12 bits per heavy atom. The Morgan fingerprint density at radius 1 is 1.32 bits per heavy atom. The summed E-state index contributed by atoms with van der Waals surface area (Å²) >= 11 is 1.07. The van der Waals surface area contributed by atoms with Gasteiger partial charge < -0.3 is 15.5 Å². The van der Waals surface area contributed by atoms with Crippen molar-refractivity contribution in [2.45, 2.75) is 24.9 Å². The Bertz CT molecular complexity index is 1530. The maximum absolute atomic E-state index is 15.1. The predicted octanol–water partition coefficient (Wildman–Crippen LogP) is 1.92. The van der Waals surface area contributed by atoms with Gasteiger partial charge in [0, 0.05) is 24.2 Å². The number of primary amides is 1. The maximum atomic E-state index is 15.1. The van der Waals surface area contributed by atoms with Crippen LogP contribution in [0.25, 0.3) is 11.1 Å². The van der Waals surface area contributed by atoms with Crippen LogP contribution >= 0.6 is 11.3 Å². The Hall–Kier alpha value is -3.55. The van der Waals surface area contributed by atoms with Crippen LogP contribution in [-0.4, -0.2) is 30.4 Å². The van der Waals surface area contributed by atoms with E-state index in [1.54, 1.807) is 17.5 Å². The molecule has 0 spiro atoms. The number of sulfonamides is 1. The van der Waals surface area contributed by atoms with Gasteiger partial charge >= 0.3 is 5.76 Å². The molecule has 2 aromatic carbocycles. The first kappa shape index (κ1) is 23.6. The summed E-state index contributed by atoms with van der Waals surface area (Å²) in [6.45, 7) is 2.13. The molecule has 2 aromatic heterocycles. The van der Waals surface area contributed by atoms with E-state index in [9.17, 15) is 18.0 Å². The molecule has 34 heavy (non-hydrogen) atoms. The van der Waals surface area contributed by atoms with Crippen LogP contribution in [0.3, 0.4) is 0 Å². The number of hydrogen-bond donors (Lipinski definition) is 3. The Labute approximate surface area is 197 Å². The minimum atomic E-state index is -4.15. The van der Waals surface area contributed by atoms with Crippen molar-refractivity contribution < 1.29 is 22.0 Å². The zero-order chi connectivity index (χ0) is 24.5. The van der Waals surface area contributed by atoms with E-state index in [0.29, 0.717) is 12.1 Å². The SMILES string of the molecule is Cc1cccc(Cn2c(=O)oc3cc(S(=O)(=O)Nc4nccs4)cc(F)c32)c1CNCC(N)=O. The van der Waals surface area contributed by atoms with Crippen LogP contribution in [0.1, 0.15) is 16.7 Å². The molecule has 4 aromatic rings. The second-order valence-corrected chi connectivity index (χ2v) is 10.0. The van der Waals surface area contributed by atoms with E-state index in [4.69, 9.17) is 10.2 Å². The zero-order valence-corrected chi connectivity index (χ0v) is 19.5. The van der Waals surface area contributed by atoms with Gasteiger partial charge in [-0.1, -0.05) is 18.2 Å². The van der Waals surface area contributed by atoms with Gasteiger partial charge in [0.15, 0.2) is 16.5 Å². The third-order valence-electron chi connectivity index (χ3n) is 5.09. The summed E-state index contributed by atoms with van der Waals surface area (Å²) < 4.78 is 48.9. The van der Waals surface area contributed by atoms with Gasteiger partial charge in [-0.05, 0) is 29.7 Å². The summed E-state index contributed by atoms with van der Waals surface area (Å²) in [4.78, 5) is 27.1. The third-order valence-corrected chi connectivity index (χ3v) is 7.23. The molecule has 4 rings (SSSR count). The number of thiazole rings is 1. The third kappa shape index (κ3) is 4.85. The first-order chi connectivity index (χ1) is 16.2. The number of anilines is 1. The molecule has 13 heteroatoms. The Morgan fingerprint density at radius 3 is 2.82 bits per heavy atom. The lowest BCUT2D eigenvalue weighted by Gasteiger charge is -2.14. The number of aromatic nitrogens is 2. The van der Waals surface area contributed by atoms with E-state index in [-0.39, 0.29) is 29.3 Å². The Kier molecular flexibility index (Phi) is 6.50. The summed E-state index contributed by atoms with van der Waals surface area (Å²) in [5.41, 5.74) is 7.23. The van der Waals surface area contributed by atoms with Crippen LogP contribution in [0.15, 0.2) is 56.0 Å². The number of hydrogen-bond acceptors (Lipinski definition) is 8. The van der Waals surface area contributed by atoms with Crippen molar-refractivity contribution in [3.63, 3.8) is 0 Å². The van der Waals surface area contributed by atoms with Crippen LogP contribution < -0.4 is 21.5 Å². The number of benzene rings is 2. The number of carbonyl (C=O) groups is 1. The van der Waals surface area contributed by atoms with Gasteiger partial charge in [0.2, 0.25) is 5.91 Å². The number of carbonyl (C=O) groups excluding carboxylic acids is 1. The smallest absolute Gasteiger partial charge is 0.408 e. The quantitative estimate of drug-likeness (QED) is 0.315. The van der Waals surface area contributed by atoms with Gasteiger partial charge in [0.1, 0.15) is 5.52 Å². The highest BCUT2D eigenvalue weighted by atomic mass is 32.2. The number of rotatable bonds is 9. The monoisotopic (exact) mass is 505 g/mol. The van der Waals surface area contributed by atoms with Crippen molar-refractivity contribution >= 4 is 43.5 Å². The molecule has 0 unspecified atom stereocenters. The van der Waals surface area contributed by atoms with E-state index >= 15 is 4.39 Å². The highest BCUT2D eigenvalue weighted by Gasteiger charge is 2.23. The van der Waals surface area contributed by atoms with E-state index < -0.39 is 32.4 Å². The van der Waals surface area contributed by atoms with Gasteiger partial charge in [0.25, 0.3) is 10.0 Å². The van der Waals surface area contributed by atoms with E-state index in [0.717, 1.165) is 39.2 Å². The molecule has 0 aliphatic heterocycles. The lowest BCUT2D eigenvalue weighted by molar-refractivity contribution is -0.117. The molecule has 4 N–H and O–H groups in total. The fourth-order valence-corrected chi connectivity index (χ4v) is 5.34. The van der Waals surface area contributed by atoms with Crippen molar-refractivity contribution in [3.05, 3.63) is 75.0 Å². The highest BCUT2D eigenvalue weighted by molar-refractivity contribution is 7.93. The summed E-state index contributed by atoms with van der Waals surface area (Å²) in [5.74, 6) is -2.28. The number of nitrogens with zero attached hydrogens (tertiary/aromatic N) is 2. The standard InChI is InChI=1S/C21H20FN5O5S2/c1-12-3-2-4-13(15(12)9-24-10-18(23)28)11-27-19-16(22)7-14(8-17(19)32-21(27)29)34(30,31)26-20-25-5-6-33-20/h2-8,24H,9-11H2,1H3,(H2,23,28)(H,25,26). The molecule has 2 heterocycles. The number of fused-ring (bicyclic) bond motifs is 1. The molecule has 0 radical (unpaired) electrons. The van der Waals surface area contributed by atoms with Gasteiger partial charge in [-0.25, -0.2) is 22.6 Å². The van der Waals surface area contributed by atoms with Crippen molar-refractivity contribution in [2.75, 3.05) is 11.3 Å². The lowest BCUT2D eigenvalue weighted by atomic mass is 10.0. The summed E-state index contributed by atoms with van der Waals surface area (Å²) in [7, 11) is -4.15. The van der Waals surface area contributed by atoms with Gasteiger partial charge in [0.05, 0.1) is 18.0 Å². The fourth-order valence-electron chi connectivity index (χ4n) is 3.52. The van der Waals surface area contributed by atoms with Crippen LogP contribution in [-0.2, 0) is 27.9 Å². The number of nitrogens with one attached hydrogen (secondary N) is 2. The van der Waals surface area contributed by atoms with Crippen LogP contribution in [0.2, 0.25) is 0 Å². The highest BCUT2D eigenvalue weighted by Crippen LogP contribution is 2.26. The largest absolute Gasteiger partial charge is 0.420 e. The normalized spacial score (nSPS) is 11.7. The van der Waals surface area contributed by atoms with E-state index in [1.807, 2.05) is 13.0 Å². The van der Waals surface area contributed by atoms with Gasteiger partial charge in [-0.2, -0.15) is 0 Å². The number of oxazole rings is 1. The fraction of sp³-hybridized carbons (Fsp3) is 0.190. The average molecular weight is 506 g/mol. The molecular formula is C21H20FN5O5S2. The lowest BCUT2D eigenvalue weighted by Crippen LogP contribution is -2.29. The number of halogens is 1. The topological polar surface area (TPSA) is 149 Å². The van der Waals surface area contributed by atoms with Crippen molar-refractivity contribution in [2.24, 2.45) is 5.73 Å². The minimum Gasteiger partial charge on any atom is -0.408 e. The average Bonchev–Trinajstić information content (AvgIpc) is 3.37. The van der Waals surface area contributed by atoms with Gasteiger partial charge in [-0.15, -0.1) is 11.3 Å².